The molecule has 1 aliphatic heterocycles. The summed E-state index contributed by atoms with van der Waals surface area (Å²) < 4.78 is 19.9. The smallest absolute Gasteiger partial charge is 0.191 e. The first-order valence-electron chi connectivity index (χ1n) is 9.24. The largest absolute Gasteiger partial charge is 0.453 e. The molecule has 2 aromatic heterocycles. The van der Waals surface area contributed by atoms with Crippen molar-refractivity contribution in [1.82, 2.24) is 14.9 Å². The van der Waals surface area contributed by atoms with Gasteiger partial charge in [-0.15, -0.1) is 35.3 Å². The van der Waals surface area contributed by atoms with Crippen LogP contribution in [-0.2, 0) is 6.54 Å². The van der Waals surface area contributed by atoms with Gasteiger partial charge >= 0.3 is 0 Å². The number of nitrogens with two attached hydrogens (primary N) is 1. The van der Waals surface area contributed by atoms with Crippen molar-refractivity contribution >= 4 is 46.4 Å². The Bertz CT molecular complexity index is 965. The highest BCUT2D eigenvalue weighted by Crippen LogP contribution is 2.25. The van der Waals surface area contributed by atoms with E-state index >= 15 is 0 Å². The summed E-state index contributed by atoms with van der Waals surface area (Å²) in [4.78, 5) is 17.0. The molecular formula is C20H22FIN6OS. The minimum Gasteiger partial charge on any atom is -0.453 e. The Balaban J connectivity index is 0.00000256. The zero-order chi connectivity index (χ0) is 20.1. The Morgan fingerprint density at radius 3 is 2.70 bits per heavy atom. The van der Waals surface area contributed by atoms with Gasteiger partial charge in [-0.2, -0.15) is 0 Å². The Hall–Kier alpha value is -2.47. The number of nitrogens with zero attached hydrogens (tertiary/aromatic N) is 5. The lowest BCUT2D eigenvalue weighted by molar-refractivity contribution is 0.380. The van der Waals surface area contributed by atoms with Crippen LogP contribution in [0.15, 0.2) is 59.3 Å². The fourth-order valence-corrected chi connectivity index (χ4v) is 3.73. The highest BCUT2D eigenvalue weighted by Gasteiger charge is 2.19. The number of anilines is 1. The highest BCUT2D eigenvalue weighted by molar-refractivity contribution is 14.0. The summed E-state index contributed by atoms with van der Waals surface area (Å²) in [6.07, 6.45) is 4.98. The minimum atomic E-state index is -0.447. The van der Waals surface area contributed by atoms with E-state index in [4.69, 9.17) is 10.5 Å². The van der Waals surface area contributed by atoms with Gasteiger partial charge in [0, 0.05) is 44.0 Å². The van der Waals surface area contributed by atoms with E-state index in [0.29, 0.717) is 18.3 Å². The Labute approximate surface area is 195 Å². The second-order valence-corrected chi connectivity index (χ2v) is 7.39. The van der Waals surface area contributed by atoms with Crippen LogP contribution in [0.3, 0.4) is 0 Å². The molecule has 0 radical (unpaired) electrons. The molecule has 1 aliphatic rings. The van der Waals surface area contributed by atoms with Gasteiger partial charge in [-0.05, 0) is 29.8 Å². The molecule has 10 heteroatoms. The molecule has 1 saturated heterocycles. The van der Waals surface area contributed by atoms with Crippen molar-refractivity contribution in [3.8, 4) is 11.5 Å². The van der Waals surface area contributed by atoms with Crippen molar-refractivity contribution in [2.45, 2.75) is 6.54 Å². The van der Waals surface area contributed by atoms with E-state index in [9.17, 15) is 4.39 Å². The molecule has 0 unspecified atom stereocenters. The monoisotopic (exact) mass is 540 g/mol. The number of aliphatic imine (C=N–C) groups is 1. The van der Waals surface area contributed by atoms with Crippen LogP contribution in [0.5, 0.6) is 11.5 Å². The van der Waals surface area contributed by atoms with Gasteiger partial charge in [0.05, 0.1) is 12.7 Å². The number of guanidine groups is 1. The predicted octanol–water partition coefficient (Wildman–Crippen LogP) is 3.72. The molecule has 0 amide bonds. The number of pyridine rings is 1. The number of thiazole rings is 1. The maximum Gasteiger partial charge on any atom is 0.191 e. The van der Waals surface area contributed by atoms with Gasteiger partial charge in [0.25, 0.3) is 0 Å². The SMILES string of the molecule is I.NC(=NCc1ccc(Oc2cccnc2)c(F)c1)N1CCN(c2nccs2)CC1. The van der Waals surface area contributed by atoms with Crippen LogP contribution < -0.4 is 15.4 Å². The second kappa shape index (κ2) is 10.5. The standard InChI is InChI=1S/C20H21FN6OS.HI/c21-17-12-15(3-4-18(17)28-16-2-1-5-23-14-16)13-25-19(22)26-7-9-27(10-8-26)20-24-6-11-29-20;/h1-6,11-12,14H,7-10,13H2,(H2,22,25);1H. The number of halogens is 2. The first kappa shape index (κ1) is 22.2. The van der Waals surface area contributed by atoms with Gasteiger partial charge in [-0.3, -0.25) is 4.98 Å². The van der Waals surface area contributed by atoms with Crippen LogP contribution in [0.2, 0.25) is 0 Å². The molecule has 3 heterocycles. The minimum absolute atomic E-state index is 0. The molecule has 0 atom stereocenters. The predicted molar refractivity (Wildman–Crippen MR) is 127 cm³/mol. The van der Waals surface area contributed by atoms with Gasteiger partial charge in [0.2, 0.25) is 0 Å². The van der Waals surface area contributed by atoms with Crippen molar-refractivity contribution in [2.24, 2.45) is 10.7 Å². The number of hydrogen-bond donors (Lipinski definition) is 1. The number of piperazine rings is 1. The lowest BCUT2D eigenvalue weighted by Gasteiger charge is -2.35. The van der Waals surface area contributed by atoms with Crippen molar-refractivity contribution in [3.05, 3.63) is 65.7 Å². The molecule has 7 nitrogen and oxygen atoms in total. The van der Waals surface area contributed by atoms with Crippen molar-refractivity contribution in [3.63, 3.8) is 0 Å². The maximum absolute atomic E-state index is 14.3. The van der Waals surface area contributed by atoms with Gasteiger partial charge in [0.1, 0.15) is 5.75 Å². The summed E-state index contributed by atoms with van der Waals surface area (Å²) in [5.41, 5.74) is 6.88. The van der Waals surface area contributed by atoms with Crippen LogP contribution in [0.25, 0.3) is 0 Å². The van der Waals surface area contributed by atoms with E-state index in [-0.39, 0.29) is 29.7 Å². The lowest BCUT2D eigenvalue weighted by atomic mass is 10.2. The number of hydrogen-bond acceptors (Lipinski definition) is 6. The molecule has 0 bridgehead atoms. The summed E-state index contributed by atoms with van der Waals surface area (Å²) in [6.45, 7) is 3.56. The number of aromatic nitrogens is 2. The van der Waals surface area contributed by atoms with Gasteiger partial charge in [-0.25, -0.2) is 14.4 Å². The summed E-state index contributed by atoms with van der Waals surface area (Å²) in [5.74, 6) is 0.660. The Morgan fingerprint density at radius 1 is 1.20 bits per heavy atom. The van der Waals surface area contributed by atoms with Crippen molar-refractivity contribution in [2.75, 3.05) is 31.1 Å². The fraction of sp³-hybridized carbons (Fsp3) is 0.250. The highest BCUT2D eigenvalue weighted by atomic mass is 127. The molecule has 0 aliphatic carbocycles. The molecular weight excluding hydrogens is 518 g/mol. The number of ether oxygens (including phenoxy) is 1. The summed E-state index contributed by atoms with van der Waals surface area (Å²) >= 11 is 1.64. The van der Waals surface area contributed by atoms with Gasteiger partial charge in [0.15, 0.2) is 22.7 Å². The zero-order valence-corrected chi connectivity index (χ0v) is 19.3. The first-order chi connectivity index (χ1) is 14.2. The van der Waals surface area contributed by atoms with Crippen LogP contribution in [0, 0.1) is 5.82 Å². The normalized spacial score (nSPS) is 14.4. The number of benzene rings is 1. The Kier molecular flexibility index (Phi) is 7.80. The van der Waals surface area contributed by atoms with Crippen molar-refractivity contribution < 1.29 is 9.13 Å². The first-order valence-corrected chi connectivity index (χ1v) is 10.1. The van der Waals surface area contributed by atoms with E-state index in [0.717, 1.165) is 36.9 Å². The van der Waals surface area contributed by atoms with Crippen LogP contribution >= 0.6 is 35.3 Å². The third-order valence-electron chi connectivity index (χ3n) is 4.58. The van der Waals surface area contributed by atoms with E-state index in [1.54, 1.807) is 41.8 Å². The van der Waals surface area contributed by atoms with Gasteiger partial charge < -0.3 is 20.3 Å². The van der Waals surface area contributed by atoms with Crippen LogP contribution in [0.1, 0.15) is 5.56 Å². The van der Waals surface area contributed by atoms with Crippen LogP contribution in [-0.4, -0.2) is 47.0 Å². The third kappa shape index (κ3) is 5.57. The average molecular weight is 540 g/mol. The summed E-state index contributed by atoms with van der Waals surface area (Å²) in [6, 6.07) is 8.25. The van der Waals surface area contributed by atoms with Crippen LogP contribution in [0.4, 0.5) is 9.52 Å². The fourth-order valence-electron chi connectivity index (χ4n) is 3.03. The number of rotatable bonds is 5. The lowest BCUT2D eigenvalue weighted by Crippen LogP contribution is -2.51. The quantitative estimate of drug-likeness (QED) is 0.302. The van der Waals surface area contributed by atoms with E-state index in [2.05, 4.69) is 19.9 Å². The molecule has 4 rings (SSSR count). The van der Waals surface area contributed by atoms with E-state index < -0.39 is 5.82 Å². The van der Waals surface area contributed by atoms with E-state index in [1.807, 2.05) is 16.5 Å². The van der Waals surface area contributed by atoms with E-state index in [1.165, 1.54) is 12.3 Å². The molecule has 0 spiro atoms. The second-order valence-electron chi connectivity index (χ2n) is 6.52. The zero-order valence-electron chi connectivity index (χ0n) is 16.1. The average Bonchev–Trinajstić information content (AvgIpc) is 3.30. The molecule has 2 N–H and O–H groups in total. The molecule has 1 aromatic carbocycles. The Morgan fingerprint density at radius 2 is 2.03 bits per heavy atom. The van der Waals surface area contributed by atoms with Gasteiger partial charge in [-0.1, -0.05) is 6.07 Å². The molecule has 3 aromatic rings. The molecule has 30 heavy (non-hydrogen) atoms. The van der Waals surface area contributed by atoms with Crippen molar-refractivity contribution in [1.29, 1.82) is 0 Å². The third-order valence-corrected chi connectivity index (χ3v) is 5.41. The maximum atomic E-state index is 14.3. The molecule has 0 saturated carbocycles. The molecule has 158 valence electrons. The summed E-state index contributed by atoms with van der Waals surface area (Å²) in [7, 11) is 0. The summed E-state index contributed by atoms with van der Waals surface area (Å²) in [5, 5.41) is 3.01. The topological polar surface area (TPSA) is 79.9 Å². The molecule has 1 fully saturated rings.